The molecule has 2 N–H and O–H groups in total. The number of carbonyl (C=O) groups is 1. The molecule has 1 fully saturated rings. The van der Waals surface area contributed by atoms with Gasteiger partial charge in [0.05, 0.1) is 36.1 Å². The van der Waals surface area contributed by atoms with Crippen LogP contribution >= 0.6 is 0 Å². The number of nitrogens with zero attached hydrogens (tertiary/aromatic N) is 2. The van der Waals surface area contributed by atoms with Crippen LogP contribution in [0.4, 0.5) is 14.5 Å². The SMILES string of the molecule is COc1cccc(-c2c(F)ccc3c(N)c4c(nc23)CN(C2CC2)C4=O)c1F. The summed E-state index contributed by atoms with van der Waals surface area (Å²) >= 11 is 0. The van der Waals surface area contributed by atoms with Crippen LogP contribution in [0.2, 0.25) is 0 Å². The number of anilines is 1. The van der Waals surface area contributed by atoms with E-state index in [-0.39, 0.29) is 40.0 Å². The van der Waals surface area contributed by atoms with Gasteiger partial charge in [-0.1, -0.05) is 12.1 Å². The number of benzene rings is 2. The first-order valence-electron chi connectivity index (χ1n) is 9.05. The highest BCUT2D eigenvalue weighted by atomic mass is 19.1. The lowest BCUT2D eigenvalue weighted by Gasteiger charge is -2.13. The number of rotatable bonds is 3. The van der Waals surface area contributed by atoms with Gasteiger partial charge in [-0.25, -0.2) is 13.8 Å². The van der Waals surface area contributed by atoms with Gasteiger partial charge in [-0.05, 0) is 31.0 Å². The predicted octanol–water partition coefficient (Wildman–Crippen LogP) is 3.89. The Balaban J connectivity index is 1.79. The minimum absolute atomic E-state index is 0.0121. The van der Waals surface area contributed by atoms with Crippen molar-refractivity contribution in [2.75, 3.05) is 12.8 Å². The maximum Gasteiger partial charge on any atom is 0.258 e. The number of fused-ring (bicyclic) bond motifs is 2. The number of aromatic nitrogens is 1. The summed E-state index contributed by atoms with van der Waals surface area (Å²) in [7, 11) is 1.35. The minimum atomic E-state index is -0.673. The predicted molar refractivity (Wildman–Crippen MR) is 101 cm³/mol. The molecule has 28 heavy (non-hydrogen) atoms. The fourth-order valence-electron chi connectivity index (χ4n) is 3.91. The monoisotopic (exact) mass is 381 g/mol. The zero-order chi connectivity index (χ0) is 19.6. The topological polar surface area (TPSA) is 68.5 Å². The van der Waals surface area contributed by atoms with Crippen molar-refractivity contribution in [1.82, 2.24) is 9.88 Å². The average molecular weight is 381 g/mol. The summed E-state index contributed by atoms with van der Waals surface area (Å²) in [6, 6.07) is 7.46. The number of ether oxygens (including phenoxy) is 1. The summed E-state index contributed by atoms with van der Waals surface area (Å²) in [5.41, 5.74) is 7.76. The zero-order valence-electron chi connectivity index (χ0n) is 15.1. The fraction of sp³-hybridized carbons (Fsp3) is 0.238. The maximum atomic E-state index is 14.9. The van der Waals surface area contributed by atoms with E-state index in [0.717, 1.165) is 12.8 Å². The van der Waals surface area contributed by atoms with Crippen molar-refractivity contribution in [3.8, 4) is 16.9 Å². The molecule has 2 aliphatic rings. The molecule has 1 aliphatic carbocycles. The first-order valence-corrected chi connectivity index (χ1v) is 9.05. The molecule has 1 saturated carbocycles. The van der Waals surface area contributed by atoms with E-state index < -0.39 is 11.6 Å². The zero-order valence-corrected chi connectivity index (χ0v) is 15.1. The average Bonchev–Trinajstić information content (AvgIpc) is 3.46. The Bertz CT molecular complexity index is 1160. The van der Waals surface area contributed by atoms with Gasteiger partial charge in [0.15, 0.2) is 11.6 Å². The molecular weight excluding hydrogens is 364 g/mol. The molecule has 0 bridgehead atoms. The summed E-state index contributed by atoms with van der Waals surface area (Å²) in [6.07, 6.45) is 1.93. The lowest BCUT2D eigenvalue weighted by molar-refractivity contribution is 0.0767. The molecule has 2 aromatic carbocycles. The van der Waals surface area contributed by atoms with Crippen LogP contribution in [-0.4, -0.2) is 28.9 Å². The molecule has 0 saturated heterocycles. The van der Waals surface area contributed by atoms with Gasteiger partial charge in [0.1, 0.15) is 5.82 Å². The van der Waals surface area contributed by atoms with Crippen LogP contribution < -0.4 is 10.5 Å². The number of halogens is 2. The maximum absolute atomic E-state index is 14.9. The van der Waals surface area contributed by atoms with E-state index in [1.54, 1.807) is 11.0 Å². The van der Waals surface area contributed by atoms with E-state index in [1.807, 2.05) is 0 Å². The molecule has 0 spiro atoms. The van der Waals surface area contributed by atoms with E-state index in [4.69, 9.17) is 10.5 Å². The van der Waals surface area contributed by atoms with Crippen LogP contribution in [0.5, 0.6) is 5.75 Å². The van der Waals surface area contributed by atoms with E-state index in [2.05, 4.69) is 4.98 Å². The fourth-order valence-corrected chi connectivity index (χ4v) is 3.91. The van der Waals surface area contributed by atoms with Crippen molar-refractivity contribution in [3.63, 3.8) is 0 Å². The number of pyridine rings is 1. The Hall–Kier alpha value is -3.22. The van der Waals surface area contributed by atoms with Gasteiger partial charge in [-0.15, -0.1) is 0 Å². The molecule has 7 heteroatoms. The molecule has 1 aliphatic heterocycles. The number of amides is 1. The molecule has 1 aromatic heterocycles. The molecular formula is C21H17F2N3O2. The normalized spacial score (nSPS) is 16.0. The van der Waals surface area contributed by atoms with Crippen molar-refractivity contribution in [1.29, 1.82) is 0 Å². The molecule has 3 aromatic rings. The third kappa shape index (κ3) is 2.28. The molecule has 2 heterocycles. The number of hydrogen-bond acceptors (Lipinski definition) is 4. The standard InChI is InChI=1S/C21H17F2N3O2/c1-28-15-4-2-3-11(18(15)23)16-13(22)8-7-12-19(24)17-14(25-20(12)16)9-26(21(17)27)10-5-6-10/h2-4,7-8,10H,5-6,9H2,1H3,(H2,24,25). The lowest BCUT2D eigenvalue weighted by Crippen LogP contribution is -2.26. The Morgan fingerprint density at radius 3 is 2.68 bits per heavy atom. The summed E-state index contributed by atoms with van der Waals surface area (Å²) in [5.74, 6) is -1.41. The van der Waals surface area contributed by atoms with Gasteiger partial charge in [0.25, 0.3) is 5.91 Å². The number of nitrogen functional groups attached to an aromatic ring is 1. The molecule has 5 rings (SSSR count). The Labute approximate surface area is 159 Å². The molecule has 0 atom stereocenters. The second-order valence-corrected chi connectivity index (χ2v) is 7.15. The third-order valence-electron chi connectivity index (χ3n) is 5.46. The Morgan fingerprint density at radius 1 is 1.18 bits per heavy atom. The van der Waals surface area contributed by atoms with Gasteiger partial charge in [-0.3, -0.25) is 4.79 Å². The third-order valence-corrected chi connectivity index (χ3v) is 5.46. The van der Waals surface area contributed by atoms with E-state index in [0.29, 0.717) is 23.2 Å². The van der Waals surface area contributed by atoms with E-state index in [9.17, 15) is 13.6 Å². The van der Waals surface area contributed by atoms with Crippen molar-refractivity contribution in [2.45, 2.75) is 25.4 Å². The van der Waals surface area contributed by atoms with Crippen molar-refractivity contribution >= 4 is 22.5 Å². The van der Waals surface area contributed by atoms with E-state index >= 15 is 0 Å². The highest BCUT2D eigenvalue weighted by Gasteiger charge is 2.40. The van der Waals surface area contributed by atoms with E-state index in [1.165, 1.54) is 31.4 Å². The van der Waals surface area contributed by atoms with Crippen molar-refractivity contribution in [3.05, 3.63) is 53.2 Å². The lowest BCUT2D eigenvalue weighted by atomic mass is 9.98. The number of methoxy groups -OCH3 is 1. The highest BCUT2D eigenvalue weighted by molar-refractivity contribution is 6.11. The first-order chi connectivity index (χ1) is 13.5. The summed E-state index contributed by atoms with van der Waals surface area (Å²) < 4.78 is 34.7. The van der Waals surface area contributed by atoms with Crippen LogP contribution in [0.1, 0.15) is 28.9 Å². The van der Waals surface area contributed by atoms with Crippen LogP contribution in [0, 0.1) is 11.6 Å². The molecule has 0 radical (unpaired) electrons. The number of nitrogens with two attached hydrogens (primary N) is 1. The van der Waals surface area contributed by atoms with Gasteiger partial charge in [0, 0.05) is 22.6 Å². The van der Waals surface area contributed by atoms with Gasteiger partial charge in [0.2, 0.25) is 0 Å². The second-order valence-electron chi connectivity index (χ2n) is 7.15. The van der Waals surface area contributed by atoms with Crippen LogP contribution in [0.15, 0.2) is 30.3 Å². The second kappa shape index (κ2) is 5.89. The van der Waals surface area contributed by atoms with Crippen LogP contribution in [-0.2, 0) is 6.54 Å². The quantitative estimate of drug-likeness (QED) is 0.747. The smallest absolute Gasteiger partial charge is 0.258 e. The first kappa shape index (κ1) is 16.9. The number of carbonyl (C=O) groups excluding carboxylic acids is 1. The van der Waals surface area contributed by atoms with Crippen LogP contribution in [0.25, 0.3) is 22.0 Å². The highest BCUT2D eigenvalue weighted by Crippen LogP contribution is 2.41. The van der Waals surface area contributed by atoms with Gasteiger partial charge >= 0.3 is 0 Å². The van der Waals surface area contributed by atoms with Crippen LogP contribution in [0.3, 0.4) is 0 Å². The largest absolute Gasteiger partial charge is 0.494 e. The summed E-state index contributed by atoms with van der Waals surface area (Å²) in [6.45, 7) is 0.343. The van der Waals surface area contributed by atoms with Crippen molar-refractivity contribution < 1.29 is 18.3 Å². The Morgan fingerprint density at radius 2 is 1.96 bits per heavy atom. The minimum Gasteiger partial charge on any atom is -0.494 e. The summed E-state index contributed by atoms with van der Waals surface area (Å²) in [4.78, 5) is 19.1. The molecule has 0 unspecified atom stereocenters. The summed E-state index contributed by atoms with van der Waals surface area (Å²) in [5, 5.41) is 0.434. The molecule has 1 amide bonds. The molecule has 5 nitrogen and oxygen atoms in total. The Kier molecular flexibility index (Phi) is 3.56. The number of hydrogen-bond donors (Lipinski definition) is 1. The van der Waals surface area contributed by atoms with Gasteiger partial charge in [-0.2, -0.15) is 0 Å². The molecule has 142 valence electrons. The van der Waals surface area contributed by atoms with Crippen molar-refractivity contribution in [2.24, 2.45) is 0 Å². The van der Waals surface area contributed by atoms with Gasteiger partial charge < -0.3 is 15.4 Å².